The highest BCUT2D eigenvalue weighted by atomic mass is 19.4. The molecule has 0 saturated heterocycles. The Morgan fingerprint density at radius 3 is 2.79 bits per heavy atom. The number of hydrogen-bond donors (Lipinski definition) is 1. The van der Waals surface area contributed by atoms with E-state index in [0.29, 0.717) is 31.8 Å². The molecule has 156 valence electrons. The van der Waals surface area contributed by atoms with Gasteiger partial charge in [0.05, 0.1) is 24.7 Å². The molecule has 1 aliphatic heterocycles. The fourth-order valence-corrected chi connectivity index (χ4v) is 2.96. The number of carbonyl (C=O) groups is 1. The molecule has 1 aromatic heterocycles. The fourth-order valence-electron chi connectivity index (χ4n) is 2.96. The number of nitrogens with one attached hydrogen (secondary N) is 1. The topological polar surface area (TPSA) is 67.4 Å². The molecule has 0 bridgehead atoms. The van der Waals surface area contributed by atoms with Gasteiger partial charge in [0, 0.05) is 19.2 Å². The van der Waals surface area contributed by atoms with Gasteiger partial charge in [0.25, 0.3) is 0 Å². The fraction of sp³-hybridized carbons (Fsp3) is 0.450. The molecule has 0 radical (unpaired) electrons. The van der Waals surface area contributed by atoms with Crippen molar-refractivity contribution < 1.29 is 22.7 Å². The van der Waals surface area contributed by atoms with Crippen molar-refractivity contribution in [2.45, 2.75) is 32.5 Å². The maximum absolute atomic E-state index is 12.8. The number of para-hydroxylation sites is 1. The highest BCUT2D eigenvalue weighted by molar-refractivity contribution is 5.74. The number of nitrogens with zero attached hydrogens (tertiary/aromatic N) is 3. The Balaban J connectivity index is 1.51. The average molecular weight is 408 g/mol. The van der Waals surface area contributed by atoms with Crippen molar-refractivity contribution in [3.63, 3.8) is 0 Å². The molecule has 29 heavy (non-hydrogen) atoms. The molecule has 0 aliphatic carbocycles. The van der Waals surface area contributed by atoms with E-state index in [-0.39, 0.29) is 24.8 Å². The second-order valence-corrected chi connectivity index (χ2v) is 6.97. The first-order valence-corrected chi connectivity index (χ1v) is 9.44. The monoisotopic (exact) mass is 408 g/mol. The number of benzene rings is 1. The van der Waals surface area contributed by atoms with Crippen LogP contribution in [0.15, 0.2) is 36.5 Å². The summed E-state index contributed by atoms with van der Waals surface area (Å²) in [6, 6.07) is 9.04. The van der Waals surface area contributed by atoms with E-state index in [1.165, 1.54) is 0 Å². The number of aromatic nitrogens is 2. The number of urea groups is 1. The van der Waals surface area contributed by atoms with E-state index in [1.807, 2.05) is 30.3 Å². The summed E-state index contributed by atoms with van der Waals surface area (Å²) in [6.07, 6.45) is -2.42. The Morgan fingerprint density at radius 2 is 2.07 bits per heavy atom. The first-order valence-electron chi connectivity index (χ1n) is 9.44. The van der Waals surface area contributed by atoms with E-state index in [4.69, 9.17) is 4.74 Å². The molecule has 1 atom stereocenters. The van der Waals surface area contributed by atoms with Crippen molar-refractivity contribution in [2.75, 3.05) is 19.7 Å². The van der Waals surface area contributed by atoms with Crippen LogP contribution < -0.4 is 10.1 Å². The summed E-state index contributed by atoms with van der Waals surface area (Å²) in [5.41, 5.74) is 1.47. The Hall–Kier alpha value is -2.84. The van der Waals surface area contributed by atoms with Crippen LogP contribution in [0.2, 0.25) is 0 Å². The maximum Gasteiger partial charge on any atom is 0.391 e. The highest BCUT2D eigenvalue weighted by Gasteiger charge is 2.36. The molecule has 9 heteroatoms. The van der Waals surface area contributed by atoms with Crippen LogP contribution in [0, 0.1) is 5.92 Å². The van der Waals surface area contributed by atoms with Crippen molar-refractivity contribution >= 4 is 6.03 Å². The Kier molecular flexibility index (Phi) is 6.56. The zero-order valence-corrected chi connectivity index (χ0v) is 16.1. The van der Waals surface area contributed by atoms with Gasteiger partial charge in [-0.25, -0.2) is 14.8 Å². The molecule has 2 heterocycles. The van der Waals surface area contributed by atoms with Gasteiger partial charge in [-0.1, -0.05) is 25.1 Å². The minimum Gasteiger partial charge on any atom is -0.492 e. The molecule has 3 rings (SSSR count). The van der Waals surface area contributed by atoms with E-state index in [2.05, 4.69) is 15.3 Å². The number of hydrogen-bond acceptors (Lipinski definition) is 4. The number of rotatable bonds is 6. The van der Waals surface area contributed by atoms with Gasteiger partial charge in [-0.2, -0.15) is 13.2 Å². The Bertz CT molecular complexity index is 830. The molecule has 1 aliphatic rings. The summed E-state index contributed by atoms with van der Waals surface area (Å²) < 4.78 is 43.8. The van der Waals surface area contributed by atoms with Gasteiger partial charge in [-0.3, -0.25) is 0 Å². The van der Waals surface area contributed by atoms with Crippen LogP contribution in [-0.4, -0.2) is 46.8 Å². The van der Waals surface area contributed by atoms with Crippen LogP contribution in [0.25, 0.3) is 0 Å². The third kappa shape index (κ3) is 5.82. The number of ether oxygens (including phenoxy) is 1. The number of fused-ring (bicyclic) bond motifs is 1. The van der Waals surface area contributed by atoms with Crippen molar-refractivity contribution in [1.29, 1.82) is 0 Å². The van der Waals surface area contributed by atoms with Gasteiger partial charge in [-0.05, 0) is 24.1 Å². The molecule has 0 spiro atoms. The summed E-state index contributed by atoms with van der Waals surface area (Å²) in [5, 5.41) is 2.79. The van der Waals surface area contributed by atoms with Gasteiger partial charge in [0.1, 0.15) is 18.2 Å². The van der Waals surface area contributed by atoms with Gasteiger partial charge in [0.15, 0.2) is 0 Å². The lowest BCUT2D eigenvalue weighted by Gasteiger charge is -2.28. The average Bonchev–Trinajstić information content (AvgIpc) is 2.70. The van der Waals surface area contributed by atoms with Crippen molar-refractivity contribution in [1.82, 2.24) is 20.2 Å². The lowest BCUT2D eigenvalue weighted by atomic mass is 10.0. The number of alkyl halides is 3. The third-order valence-corrected chi connectivity index (χ3v) is 4.72. The van der Waals surface area contributed by atoms with E-state index >= 15 is 0 Å². The number of carbonyl (C=O) groups excluding carboxylic acids is 1. The predicted molar refractivity (Wildman–Crippen MR) is 100 cm³/mol. The van der Waals surface area contributed by atoms with Gasteiger partial charge >= 0.3 is 12.2 Å². The molecule has 0 saturated carbocycles. The summed E-state index contributed by atoms with van der Waals surface area (Å²) in [5.74, 6) is -0.647. The molecule has 0 unspecified atom stereocenters. The third-order valence-electron chi connectivity index (χ3n) is 4.72. The Labute approximate surface area is 167 Å². The largest absolute Gasteiger partial charge is 0.492 e. The normalized spacial score (nSPS) is 14.8. The Morgan fingerprint density at radius 1 is 1.31 bits per heavy atom. The number of amides is 2. The molecular weight excluding hydrogens is 385 g/mol. The molecule has 6 nitrogen and oxygen atoms in total. The van der Waals surface area contributed by atoms with Crippen LogP contribution in [0.1, 0.15) is 24.0 Å². The summed E-state index contributed by atoms with van der Waals surface area (Å²) in [7, 11) is 0. The van der Waals surface area contributed by atoms with Crippen LogP contribution in [0.4, 0.5) is 18.0 Å². The second kappa shape index (κ2) is 9.11. The SMILES string of the molecule is C[C@H](Cc1ncc2c(n1)CN(C(=O)NCCOc1ccccc1)CC2)C(F)(F)F. The number of halogens is 3. The van der Waals surface area contributed by atoms with Crippen molar-refractivity contribution in [2.24, 2.45) is 5.92 Å². The first-order chi connectivity index (χ1) is 13.8. The van der Waals surface area contributed by atoms with E-state index in [9.17, 15) is 18.0 Å². The molecule has 2 amide bonds. The smallest absolute Gasteiger partial charge is 0.391 e. The maximum atomic E-state index is 12.8. The lowest BCUT2D eigenvalue weighted by Crippen LogP contribution is -2.44. The highest BCUT2D eigenvalue weighted by Crippen LogP contribution is 2.28. The van der Waals surface area contributed by atoms with Crippen molar-refractivity contribution in [3.8, 4) is 5.75 Å². The van der Waals surface area contributed by atoms with Gasteiger partial charge in [0.2, 0.25) is 0 Å². The second-order valence-electron chi connectivity index (χ2n) is 6.97. The summed E-state index contributed by atoms with van der Waals surface area (Å²) in [4.78, 5) is 22.3. The lowest BCUT2D eigenvalue weighted by molar-refractivity contribution is -0.169. The minimum absolute atomic E-state index is 0.145. The van der Waals surface area contributed by atoms with Crippen LogP contribution in [0.3, 0.4) is 0 Å². The quantitative estimate of drug-likeness (QED) is 0.745. The zero-order valence-electron chi connectivity index (χ0n) is 16.1. The predicted octanol–water partition coefficient (Wildman–Crippen LogP) is 3.36. The first kappa shape index (κ1) is 20.9. The molecule has 1 aromatic carbocycles. The van der Waals surface area contributed by atoms with Gasteiger partial charge in [-0.15, -0.1) is 0 Å². The van der Waals surface area contributed by atoms with Crippen molar-refractivity contribution in [3.05, 3.63) is 53.6 Å². The molecular formula is C20H23F3N4O2. The molecule has 0 fully saturated rings. The van der Waals surface area contributed by atoms with Gasteiger partial charge < -0.3 is 15.0 Å². The zero-order chi connectivity index (χ0) is 20.9. The standard InChI is InChI=1S/C20H23F3N4O2/c1-14(20(21,22)23)11-18-25-12-15-7-9-27(13-17(15)26-18)19(28)24-8-10-29-16-5-3-2-4-6-16/h2-6,12,14H,7-11,13H2,1H3,(H,24,28)/t14-/m1/s1. The summed E-state index contributed by atoms with van der Waals surface area (Å²) in [6.45, 7) is 2.54. The van der Waals surface area contributed by atoms with E-state index < -0.39 is 12.1 Å². The van der Waals surface area contributed by atoms with Crippen LogP contribution in [-0.2, 0) is 19.4 Å². The summed E-state index contributed by atoms with van der Waals surface area (Å²) >= 11 is 0. The molecule has 1 N–H and O–H groups in total. The van der Waals surface area contributed by atoms with E-state index in [1.54, 1.807) is 11.1 Å². The van der Waals surface area contributed by atoms with Crippen LogP contribution in [0.5, 0.6) is 5.75 Å². The van der Waals surface area contributed by atoms with Crippen LogP contribution >= 0.6 is 0 Å². The minimum atomic E-state index is -4.28. The van der Waals surface area contributed by atoms with E-state index in [0.717, 1.165) is 18.2 Å². The molecule has 2 aromatic rings.